The average Bonchev–Trinajstić information content (AvgIpc) is 2.65. The number of aryl methyl sites for hydroxylation is 2. The smallest absolute Gasteiger partial charge is 0.0638 e. The molecular weight excluding hydrogens is 246 g/mol. The topological polar surface area (TPSA) is 29.9 Å². The molecule has 0 aliphatic heterocycles. The van der Waals surface area contributed by atoms with Crippen LogP contribution in [0.1, 0.15) is 29.8 Å². The quantitative estimate of drug-likeness (QED) is 0.918. The van der Waals surface area contributed by atoms with Crippen molar-refractivity contribution in [1.82, 2.24) is 15.1 Å². The van der Waals surface area contributed by atoms with Crippen LogP contribution in [0.25, 0.3) is 0 Å². The summed E-state index contributed by atoms with van der Waals surface area (Å²) in [5.74, 6) is 0. The summed E-state index contributed by atoms with van der Waals surface area (Å²) < 4.78 is 1.84. The third kappa shape index (κ3) is 2.92. The lowest BCUT2D eigenvalue weighted by Gasteiger charge is -2.15. The van der Waals surface area contributed by atoms with E-state index in [1.54, 1.807) is 0 Å². The molecule has 0 aliphatic rings. The second-order valence-corrected chi connectivity index (χ2v) is 4.94. The molecule has 2 rings (SSSR count). The Morgan fingerprint density at radius 2 is 2.11 bits per heavy atom. The zero-order chi connectivity index (χ0) is 13.1. The number of nitrogens with one attached hydrogen (secondary N) is 1. The lowest BCUT2D eigenvalue weighted by molar-refractivity contribution is 0.573. The fraction of sp³-hybridized carbons (Fsp3) is 0.357. The van der Waals surface area contributed by atoms with Crippen LogP contribution in [-0.2, 0) is 13.6 Å². The van der Waals surface area contributed by atoms with E-state index < -0.39 is 0 Å². The normalized spacial score (nSPS) is 12.7. The summed E-state index contributed by atoms with van der Waals surface area (Å²) in [6, 6.07) is 8.15. The van der Waals surface area contributed by atoms with Crippen LogP contribution in [0.2, 0.25) is 5.02 Å². The number of hydrogen-bond donors (Lipinski definition) is 1. The van der Waals surface area contributed by atoms with Crippen molar-refractivity contribution in [3.8, 4) is 0 Å². The van der Waals surface area contributed by atoms with Crippen LogP contribution in [0.4, 0.5) is 0 Å². The highest BCUT2D eigenvalue weighted by Gasteiger charge is 2.10. The molecule has 1 N–H and O–H groups in total. The summed E-state index contributed by atoms with van der Waals surface area (Å²) in [5, 5.41) is 8.61. The molecule has 0 amide bonds. The zero-order valence-electron chi connectivity index (χ0n) is 10.9. The Labute approximate surface area is 113 Å². The molecule has 96 valence electrons. The van der Waals surface area contributed by atoms with Crippen molar-refractivity contribution < 1.29 is 0 Å². The Hall–Kier alpha value is -1.32. The molecule has 2 aromatic rings. The Morgan fingerprint density at radius 3 is 2.72 bits per heavy atom. The van der Waals surface area contributed by atoms with E-state index in [9.17, 15) is 0 Å². The Kier molecular flexibility index (Phi) is 4.04. The summed E-state index contributed by atoms with van der Waals surface area (Å²) in [6.45, 7) is 4.94. The van der Waals surface area contributed by atoms with Gasteiger partial charge in [-0.3, -0.25) is 4.68 Å². The highest BCUT2D eigenvalue weighted by atomic mass is 35.5. The van der Waals surface area contributed by atoms with Crippen LogP contribution in [-0.4, -0.2) is 9.78 Å². The number of halogens is 1. The monoisotopic (exact) mass is 263 g/mol. The maximum atomic E-state index is 6.18. The minimum Gasteiger partial charge on any atom is -0.306 e. The highest BCUT2D eigenvalue weighted by Crippen LogP contribution is 2.22. The van der Waals surface area contributed by atoms with E-state index in [1.807, 2.05) is 43.0 Å². The minimum absolute atomic E-state index is 0.221. The fourth-order valence-electron chi connectivity index (χ4n) is 2.02. The number of aromatic nitrogens is 2. The fourth-order valence-corrected chi connectivity index (χ4v) is 2.32. The van der Waals surface area contributed by atoms with E-state index in [4.69, 9.17) is 11.6 Å². The molecule has 1 aromatic heterocycles. The van der Waals surface area contributed by atoms with Gasteiger partial charge in [0.15, 0.2) is 0 Å². The van der Waals surface area contributed by atoms with E-state index in [1.165, 1.54) is 5.56 Å². The first-order valence-electron chi connectivity index (χ1n) is 6.05. The molecule has 0 bridgehead atoms. The Morgan fingerprint density at radius 1 is 1.39 bits per heavy atom. The summed E-state index contributed by atoms with van der Waals surface area (Å²) in [6.07, 6.45) is 2.04. The van der Waals surface area contributed by atoms with Crippen LogP contribution in [0.3, 0.4) is 0 Å². The van der Waals surface area contributed by atoms with Gasteiger partial charge in [0.2, 0.25) is 0 Å². The summed E-state index contributed by atoms with van der Waals surface area (Å²) in [4.78, 5) is 0. The van der Waals surface area contributed by atoms with Gasteiger partial charge in [-0.2, -0.15) is 5.10 Å². The van der Waals surface area contributed by atoms with Crippen molar-refractivity contribution in [2.24, 2.45) is 7.05 Å². The summed E-state index contributed by atoms with van der Waals surface area (Å²) in [5.41, 5.74) is 3.41. The predicted octanol–water partition coefficient (Wildman–Crippen LogP) is 3.23. The van der Waals surface area contributed by atoms with E-state index in [-0.39, 0.29) is 6.04 Å². The van der Waals surface area contributed by atoms with E-state index >= 15 is 0 Å². The number of nitrogens with zero attached hydrogens (tertiary/aromatic N) is 2. The molecule has 0 aliphatic carbocycles. The van der Waals surface area contributed by atoms with E-state index in [0.717, 1.165) is 22.8 Å². The first-order valence-corrected chi connectivity index (χ1v) is 6.42. The van der Waals surface area contributed by atoms with Gasteiger partial charge in [-0.15, -0.1) is 0 Å². The zero-order valence-corrected chi connectivity index (χ0v) is 11.7. The molecule has 0 saturated heterocycles. The molecule has 1 atom stereocenters. The second-order valence-electron chi connectivity index (χ2n) is 4.54. The molecule has 1 aromatic carbocycles. The van der Waals surface area contributed by atoms with Crippen molar-refractivity contribution in [1.29, 1.82) is 0 Å². The third-order valence-electron chi connectivity index (χ3n) is 3.09. The van der Waals surface area contributed by atoms with Gasteiger partial charge >= 0.3 is 0 Å². The number of hydrogen-bond acceptors (Lipinski definition) is 2. The Bertz CT molecular complexity index is 534. The van der Waals surface area contributed by atoms with E-state index in [0.29, 0.717) is 0 Å². The van der Waals surface area contributed by atoms with Gasteiger partial charge in [0.25, 0.3) is 0 Å². The standard InChI is InChI=1S/C14H18ClN3/c1-10-12(9-18(3)17-10)8-16-11(2)13-6-4-5-7-14(13)15/h4-7,9,11,16H,8H2,1-3H3/t11-/m0/s1. The lowest BCUT2D eigenvalue weighted by Crippen LogP contribution is -2.18. The highest BCUT2D eigenvalue weighted by molar-refractivity contribution is 6.31. The van der Waals surface area contributed by atoms with Gasteiger partial charge in [-0.25, -0.2) is 0 Å². The lowest BCUT2D eigenvalue weighted by atomic mass is 10.1. The van der Waals surface area contributed by atoms with Crippen LogP contribution in [0.5, 0.6) is 0 Å². The maximum absolute atomic E-state index is 6.18. The second kappa shape index (κ2) is 5.55. The molecule has 0 fully saturated rings. The maximum Gasteiger partial charge on any atom is 0.0638 e. The number of rotatable bonds is 4. The number of benzene rings is 1. The van der Waals surface area contributed by atoms with Gasteiger partial charge in [0.1, 0.15) is 0 Å². The predicted molar refractivity (Wildman–Crippen MR) is 74.7 cm³/mol. The van der Waals surface area contributed by atoms with Gasteiger partial charge < -0.3 is 5.32 Å². The van der Waals surface area contributed by atoms with Crippen LogP contribution < -0.4 is 5.32 Å². The first-order chi connectivity index (χ1) is 8.58. The molecular formula is C14H18ClN3. The van der Waals surface area contributed by atoms with Gasteiger partial charge in [0, 0.05) is 36.4 Å². The Balaban J connectivity index is 2.03. The summed E-state index contributed by atoms with van der Waals surface area (Å²) in [7, 11) is 1.94. The average molecular weight is 264 g/mol. The van der Waals surface area contributed by atoms with Gasteiger partial charge in [-0.1, -0.05) is 29.8 Å². The van der Waals surface area contributed by atoms with E-state index in [2.05, 4.69) is 23.4 Å². The van der Waals surface area contributed by atoms with Gasteiger partial charge in [0.05, 0.1) is 5.69 Å². The largest absolute Gasteiger partial charge is 0.306 e. The first kappa shape index (κ1) is 13.1. The molecule has 0 spiro atoms. The van der Waals surface area contributed by atoms with Crippen LogP contribution in [0, 0.1) is 6.92 Å². The molecule has 3 nitrogen and oxygen atoms in total. The molecule has 18 heavy (non-hydrogen) atoms. The van der Waals surface area contributed by atoms with Crippen LogP contribution in [0.15, 0.2) is 30.5 Å². The van der Waals surface area contributed by atoms with Crippen molar-refractivity contribution in [2.45, 2.75) is 26.4 Å². The summed E-state index contributed by atoms with van der Waals surface area (Å²) >= 11 is 6.18. The van der Waals surface area contributed by atoms with Crippen LogP contribution >= 0.6 is 11.6 Å². The molecule has 1 heterocycles. The molecule has 0 unspecified atom stereocenters. The van der Waals surface area contributed by atoms with Crippen molar-refractivity contribution >= 4 is 11.6 Å². The van der Waals surface area contributed by atoms with Crippen molar-refractivity contribution in [2.75, 3.05) is 0 Å². The molecule has 0 radical (unpaired) electrons. The molecule has 4 heteroatoms. The van der Waals surface area contributed by atoms with Gasteiger partial charge in [-0.05, 0) is 25.5 Å². The molecule has 0 saturated carbocycles. The van der Waals surface area contributed by atoms with Crippen molar-refractivity contribution in [3.05, 3.63) is 52.3 Å². The minimum atomic E-state index is 0.221. The third-order valence-corrected chi connectivity index (χ3v) is 3.43. The van der Waals surface area contributed by atoms with Crippen molar-refractivity contribution in [3.63, 3.8) is 0 Å². The SMILES string of the molecule is Cc1nn(C)cc1CN[C@@H](C)c1ccccc1Cl.